The maximum atomic E-state index is 12.4. The normalized spacial score (nSPS) is 20.0. The first kappa shape index (κ1) is 24.1. The fourth-order valence-corrected chi connectivity index (χ4v) is 5.02. The number of hydrogen-bond donors (Lipinski definition) is 3. The maximum Gasteiger partial charge on any atom is 0.415 e. The molecule has 3 aromatic rings. The van der Waals surface area contributed by atoms with Crippen LogP contribution in [0.15, 0.2) is 24.5 Å². The predicted octanol–water partition coefficient (Wildman–Crippen LogP) is 1.53. The number of aryl methyl sites for hydroxylation is 1. The molecule has 38 heavy (non-hydrogen) atoms. The van der Waals surface area contributed by atoms with Crippen molar-refractivity contribution in [2.75, 3.05) is 36.5 Å². The number of pyridine rings is 1. The Balaban J connectivity index is 0.963. The van der Waals surface area contributed by atoms with Gasteiger partial charge in [-0.15, -0.1) is 0 Å². The Kier molecular flexibility index (Phi) is 6.50. The highest BCUT2D eigenvalue weighted by Crippen LogP contribution is 2.31. The van der Waals surface area contributed by atoms with E-state index in [1.807, 2.05) is 19.1 Å². The van der Waals surface area contributed by atoms with E-state index in [4.69, 9.17) is 14.2 Å². The molecule has 13 nitrogen and oxygen atoms in total. The van der Waals surface area contributed by atoms with Gasteiger partial charge in [0.25, 0.3) is 11.8 Å². The topological polar surface area (TPSA) is 156 Å². The molecule has 5 heterocycles. The summed E-state index contributed by atoms with van der Waals surface area (Å²) in [6.45, 7) is 4.25. The summed E-state index contributed by atoms with van der Waals surface area (Å²) in [4.78, 5) is 38.5. The van der Waals surface area contributed by atoms with Gasteiger partial charge in [-0.25, -0.2) is 19.7 Å². The number of carbonyl (C=O) groups is 2. The predicted molar refractivity (Wildman–Crippen MR) is 134 cm³/mol. The van der Waals surface area contributed by atoms with Crippen molar-refractivity contribution in [2.45, 2.75) is 38.9 Å². The number of aromatic amines is 1. The second-order valence-corrected chi connectivity index (χ2v) is 9.64. The van der Waals surface area contributed by atoms with E-state index in [2.05, 4.69) is 35.8 Å². The molecular weight excluding hydrogens is 492 g/mol. The lowest BCUT2D eigenvalue weighted by atomic mass is 10.1. The third kappa shape index (κ3) is 5.09. The third-order valence-electron chi connectivity index (χ3n) is 6.88. The van der Waals surface area contributed by atoms with Crippen molar-refractivity contribution in [1.82, 2.24) is 30.5 Å². The average Bonchev–Trinajstić information content (AvgIpc) is 3.65. The minimum atomic E-state index is -0.480. The second kappa shape index (κ2) is 10.2. The summed E-state index contributed by atoms with van der Waals surface area (Å²) < 4.78 is 16.6. The smallest absolute Gasteiger partial charge is 0.415 e. The van der Waals surface area contributed by atoms with E-state index in [-0.39, 0.29) is 30.3 Å². The summed E-state index contributed by atoms with van der Waals surface area (Å²) in [6.07, 6.45) is 5.09. The Morgan fingerprint density at radius 1 is 1.26 bits per heavy atom. The molecule has 2 unspecified atom stereocenters. The summed E-state index contributed by atoms with van der Waals surface area (Å²) in [7, 11) is 0. The van der Waals surface area contributed by atoms with E-state index in [0.29, 0.717) is 43.7 Å². The number of H-pyrrole nitrogens is 1. The van der Waals surface area contributed by atoms with Gasteiger partial charge in [0.1, 0.15) is 12.7 Å². The zero-order valence-corrected chi connectivity index (χ0v) is 20.9. The number of rotatable bonds is 9. The zero-order valence-electron chi connectivity index (χ0n) is 20.9. The SMILES string of the molecule is Cc1nc(OCc2cc[nH]n2)cc2c1CC(CNCCC1CN(c3cnc4c(n3)NC(=O)CO4)C(=O)O1)C2. The summed E-state index contributed by atoms with van der Waals surface area (Å²) in [5, 5.41) is 13.0. The van der Waals surface area contributed by atoms with Crippen LogP contribution in [0.2, 0.25) is 0 Å². The Labute approximate surface area is 218 Å². The molecule has 3 N–H and O–H groups in total. The van der Waals surface area contributed by atoms with Crippen LogP contribution in [0.3, 0.4) is 0 Å². The van der Waals surface area contributed by atoms with Gasteiger partial charge in [0.05, 0.1) is 18.4 Å². The van der Waals surface area contributed by atoms with E-state index in [1.165, 1.54) is 22.2 Å². The molecular formula is C25H28N8O5. The standard InChI is InChI=1S/C25H28N8O5/c1-14-19-7-15(6-16(19)8-22(29-14)36-12-17-2-5-28-32-17)9-26-4-3-18-11-33(25(35)38-18)20-10-27-24-23(30-20)31-21(34)13-37-24/h2,5,8,10,15,18,26H,3-4,6-7,9,11-13H2,1H3,(H,28,32)(H,30,31,34). The van der Waals surface area contributed by atoms with Gasteiger partial charge in [0.2, 0.25) is 5.88 Å². The molecule has 13 heteroatoms. The van der Waals surface area contributed by atoms with Crippen molar-refractivity contribution in [1.29, 1.82) is 0 Å². The van der Waals surface area contributed by atoms with Crippen LogP contribution >= 0.6 is 0 Å². The van der Waals surface area contributed by atoms with Crippen LogP contribution in [0.5, 0.6) is 11.8 Å². The van der Waals surface area contributed by atoms with Crippen LogP contribution in [0, 0.1) is 12.8 Å². The van der Waals surface area contributed by atoms with Gasteiger partial charge in [-0.05, 0) is 62.4 Å². The number of nitrogens with zero attached hydrogens (tertiary/aromatic N) is 5. The largest absolute Gasteiger partial charge is 0.471 e. The van der Waals surface area contributed by atoms with Crippen molar-refractivity contribution >= 4 is 23.6 Å². The Morgan fingerprint density at radius 3 is 3.05 bits per heavy atom. The molecule has 0 saturated carbocycles. The summed E-state index contributed by atoms with van der Waals surface area (Å²) in [6, 6.07) is 3.92. The first-order chi connectivity index (χ1) is 18.5. The molecule has 0 bridgehead atoms. The van der Waals surface area contributed by atoms with Gasteiger partial charge in [-0.2, -0.15) is 5.10 Å². The number of carbonyl (C=O) groups excluding carboxylic acids is 2. The molecule has 1 saturated heterocycles. The molecule has 6 rings (SSSR count). The van der Waals surface area contributed by atoms with E-state index in [9.17, 15) is 9.59 Å². The highest BCUT2D eigenvalue weighted by molar-refractivity contribution is 5.94. The highest BCUT2D eigenvalue weighted by Gasteiger charge is 2.34. The molecule has 198 valence electrons. The van der Waals surface area contributed by atoms with E-state index in [0.717, 1.165) is 30.8 Å². The highest BCUT2D eigenvalue weighted by atomic mass is 16.6. The third-order valence-corrected chi connectivity index (χ3v) is 6.88. The number of amides is 2. The molecule has 1 fully saturated rings. The average molecular weight is 521 g/mol. The lowest BCUT2D eigenvalue weighted by molar-refractivity contribution is -0.118. The Hall–Kier alpha value is -4.26. The van der Waals surface area contributed by atoms with Crippen LogP contribution in [-0.4, -0.2) is 69.5 Å². The Morgan fingerprint density at radius 2 is 2.18 bits per heavy atom. The molecule has 3 aliphatic rings. The van der Waals surface area contributed by atoms with Crippen LogP contribution < -0.4 is 25.0 Å². The number of aromatic nitrogens is 5. The Bertz CT molecular complexity index is 1350. The monoisotopic (exact) mass is 520 g/mol. The fraction of sp³-hybridized carbons (Fsp3) is 0.440. The molecule has 0 aromatic carbocycles. The lowest BCUT2D eigenvalue weighted by Gasteiger charge is -2.18. The zero-order chi connectivity index (χ0) is 26.1. The number of anilines is 2. The van der Waals surface area contributed by atoms with Crippen LogP contribution in [0.1, 0.15) is 28.9 Å². The fourth-order valence-electron chi connectivity index (χ4n) is 5.02. The van der Waals surface area contributed by atoms with Crippen molar-refractivity contribution in [3.63, 3.8) is 0 Å². The number of nitrogens with one attached hydrogen (secondary N) is 3. The van der Waals surface area contributed by atoms with Crippen molar-refractivity contribution < 1.29 is 23.8 Å². The second-order valence-electron chi connectivity index (χ2n) is 9.64. The molecule has 2 aliphatic heterocycles. The van der Waals surface area contributed by atoms with Gasteiger partial charge >= 0.3 is 6.09 Å². The van der Waals surface area contributed by atoms with Gasteiger partial charge < -0.3 is 24.8 Å². The number of fused-ring (bicyclic) bond motifs is 2. The summed E-state index contributed by atoms with van der Waals surface area (Å²) in [5.74, 6) is 1.54. The molecule has 0 spiro atoms. The molecule has 3 aromatic heterocycles. The van der Waals surface area contributed by atoms with Gasteiger partial charge in [0.15, 0.2) is 18.2 Å². The van der Waals surface area contributed by atoms with Crippen LogP contribution in [0.4, 0.5) is 16.4 Å². The van der Waals surface area contributed by atoms with Crippen molar-refractivity contribution in [3.05, 3.63) is 47.0 Å². The first-order valence-corrected chi connectivity index (χ1v) is 12.6. The van der Waals surface area contributed by atoms with Gasteiger partial charge in [-0.3, -0.25) is 14.8 Å². The van der Waals surface area contributed by atoms with Gasteiger partial charge in [-0.1, -0.05) is 0 Å². The number of cyclic esters (lactones) is 1. The van der Waals surface area contributed by atoms with E-state index >= 15 is 0 Å². The number of hydrogen-bond acceptors (Lipinski definition) is 10. The molecule has 0 radical (unpaired) electrons. The number of ether oxygens (including phenoxy) is 3. The van der Waals surface area contributed by atoms with Crippen LogP contribution in [-0.2, 0) is 29.0 Å². The van der Waals surface area contributed by atoms with Crippen molar-refractivity contribution in [3.8, 4) is 11.8 Å². The molecule has 2 atom stereocenters. The lowest BCUT2D eigenvalue weighted by Crippen LogP contribution is -2.30. The van der Waals surface area contributed by atoms with Crippen molar-refractivity contribution in [2.24, 2.45) is 5.92 Å². The van der Waals surface area contributed by atoms with E-state index < -0.39 is 6.09 Å². The van der Waals surface area contributed by atoms with Gasteiger partial charge in [0, 0.05) is 18.0 Å². The quantitative estimate of drug-likeness (QED) is 0.354. The van der Waals surface area contributed by atoms with Crippen LogP contribution in [0.25, 0.3) is 0 Å². The van der Waals surface area contributed by atoms with E-state index in [1.54, 1.807) is 6.20 Å². The minimum Gasteiger partial charge on any atom is -0.471 e. The minimum absolute atomic E-state index is 0.104. The summed E-state index contributed by atoms with van der Waals surface area (Å²) >= 11 is 0. The molecule has 1 aliphatic carbocycles. The maximum absolute atomic E-state index is 12.4. The molecule has 2 amide bonds. The first-order valence-electron chi connectivity index (χ1n) is 12.6. The summed E-state index contributed by atoms with van der Waals surface area (Å²) in [5.41, 5.74) is 4.43.